The van der Waals surface area contributed by atoms with E-state index in [0.29, 0.717) is 30.4 Å². The monoisotopic (exact) mass is 454 g/mol. The Kier molecular flexibility index (Phi) is 5.60. The summed E-state index contributed by atoms with van der Waals surface area (Å²) in [5.74, 6) is 0.837. The highest BCUT2D eigenvalue weighted by atomic mass is 32.2. The zero-order chi connectivity index (χ0) is 22.1. The van der Waals surface area contributed by atoms with Crippen molar-refractivity contribution in [3.63, 3.8) is 0 Å². The van der Waals surface area contributed by atoms with Crippen LogP contribution in [0.2, 0.25) is 0 Å². The first-order valence-electron chi connectivity index (χ1n) is 10.9. The number of sulfonamides is 1. The van der Waals surface area contributed by atoms with Gasteiger partial charge in [0.05, 0.1) is 5.75 Å². The molecule has 2 fully saturated rings. The van der Waals surface area contributed by atoms with Crippen molar-refractivity contribution in [3.05, 3.63) is 42.6 Å². The summed E-state index contributed by atoms with van der Waals surface area (Å²) in [5.41, 5.74) is 3.04. The van der Waals surface area contributed by atoms with Crippen LogP contribution >= 0.6 is 0 Å². The van der Waals surface area contributed by atoms with E-state index in [1.165, 1.54) is 0 Å². The minimum Gasteiger partial charge on any atom is -0.381 e. The predicted molar refractivity (Wildman–Crippen MR) is 124 cm³/mol. The Hall–Kier alpha value is -2.91. The number of ether oxygens (including phenoxy) is 1. The van der Waals surface area contributed by atoms with Gasteiger partial charge in [-0.2, -0.15) is 0 Å². The molecular weight excluding hydrogens is 428 g/mol. The molecule has 0 radical (unpaired) electrons. The van der Waals surface area contributed by atoms with Crippen molar-refractivity contribution in [2.45, 2.75) is 25.7 Å². The van der Waals surface area contributed by atoms with Crippen LogP contribution in [0.5, 0.6) is 0 Å². The van der Waals surface area contributed by atoms with Crippen molar-refractivity contribution in [2.75, 3.05) is 29.0 Å². The number of nitrogens with one attached hydrogen (secondary N) is 3. The number of aromatic nitrogens is 2. The molecule has 3 N–H and O–H groups in total. The average molecular weight is 455 g/mol. The zero-order valence-electron chi connectivity index (χ0n) is 17.6. The first-order valence-corrected chi connectivity index (χ1v) is 12.6. The highest BCUT2D eigenvalue weighted by molar-refractivity contribution is 7.92. The molecule has 1 amide bonds. The van der Waals surface area contributed by atoms with E-state index in [0.717, 1.165) is 42.2 Å². The largest absolute Gasteiger partial charge is 0.381 e. The molecule has 3 aromatic rings. The lowest BCUT2D eigenvalue weighted by Crippen LogP contribution is -2.27. The lowest BCUT2D eigenvalue weighted by Gasteiger charge is -2.22. The van der Waals surface area contributed by atoms with E-state index >= 15 is 0 Å². The molecule has 0 spiro atoms. The first kappa shape index (κ1) is 21.0. The van der Waals surface area contributed by atoms with Gasteiger partial charge in [-0.25, -0.2) is 13.4 Å². The summed E-state index contributed by atoms with van der Waals surface area (Å²) < 4.78 is 33.1. The molecule has 2 aliphatic rings. The third-order valence-corrected chi connectivity index (χ3v) is 7.45. The van der Waals surface area contributed by atoms with E-state index in [1.54, 1.807) is 12.1 Å². The fourth-order valence-corrected chi connectivity index (χ4v) is 5.61. The summed E-state index contributed by atoms with van der Waals surface area (Å²) >= 11 is 0. The number of aromatic amines is 1. The van der Waals surface area contributed by atoms with Crippen LogP contribution in [0.3, 0.4) is 0 Å². The SMILES string of the molecule is O=C(Nc1cc(-c2ccc(NS(=O)(=O)CC3CCOCC3)cc2)c2cc[nH]c2n1)C1CC1. The Morgan fingerprint density at radius 2 is 1.84 bits per heavy atom. The molecular formula is C23H26N4O4S. The zero-order valence-corrected chi connectivity index (χ0v) is 18.5. The second-order valence-electron chi connectivity index (χ2n) is 8.58. The quantitative estimate of drug-likeness (QED) is 0.503. The van der Waals surface area contributed by atoms with Gasteiger partial charge < -0.3 is 15.0 Å². The van der Waals surface area contributed by atoms with Crippen molar-refractivity contribution in [1.29, 1.82) is 0 Å². The van der Waals surface area contributed by atoms with Crippen LogP contribution in [0.15, 0.2) is 42.6 Å². The number of carbonyl (C=O) groups is 1. The average Bonchev–Trinajstić information content (AvgIpc) is 3.52. The van der Waals surface area contributed by atoms with Gasteiger partial charge in [-0.15, -0.1) is 0 Å². The number of pyridine rings is 1. The Morgan fingerprint density at radius 3 is 2.56 bits per heavy atom. The molecule has 1 saturated carbocycles. The van der Waals surface area contributed by atoms with E-state index in [9.17, 15) is 13.2 Å². The molecule has 1 aliphatic heterocycles. The third-order valence-electron chi connectivity index (χ3n) is 5.99. The molecule has 5 rings (SSSR count). The van der Waals surface area contributed by atoms with Crippen LogP contribution < -0.4 is 10.0 Å². The van der Waals surface area contributed by atoms with Gasteiger partial charge >= 0.3 is 0 Å². The van der Waals surface area contributed by atoms with Crippen LogP contribution in [-0.4, -0.2) is 43.3 Å². The summed E-state index contributed by atoms with van der Waals surface area (Å²) in [6, 6.07) is 11.1. The van der Waals surface area contributed by atoms with Crippen molar-refractivity contribution in [1.82, 2.24) is 9.97 Å². The van der Waals surface area contributed by atoms with Crippen LogP contribution in [0.4, 0.5) is 11.5 Å². The van der Waals surface area contributed by atoms with Gasteiger partial charge in [-0.3, -0.25) is 9.52 Å². The third kappa shape index (κ3) is 4.78. The van der Waals surface area contributed by atoms with Gasteiger partial charge in [-0.05, 0) is 67.0 Å². The van der Waals surface area contributed by atoms with Crippen molar-refractivity contribution < 1.29 is 17.9 Å². The van der Waals surface area contributed by atoms with Gasteiger partial charge in [-0.1, -0.05) is 12.1 Å². The summed E-state index contributed by atoms with van der Waals surface area (Å²) in [6.45, 7) is 1.25. The second kappa shape index (κ2) is 8.55. The molecule has 1 aliphatic carbocycles. The number of amides is 1. The Morgan fingerprint density at radius 1 is 1.09 bits per heavy atom. The summed E-state index contributed by atoms with van der Waals surface area (Å²) in [6.07, 6.45) is 5.21. The Balaban J connectivity index is 1.35. The molecule has 1 aromatic carbocycles. The maximum Gasteiger partial charge on any atom is 0.232 e. The highest BCUT2D eigenvalue weighted by Crippen LogP contribution is 2.33. The van der Waals surface area contributed by atoms with Crippen LogP contribution in [0.1, 0.15) is 25.7 Å². The van der Waals surface area contributed by atoms with Gasteiger partial charge in [0, 0.05) is 36.4 Å². The van der Waals surface area contributed by atoms with E-state index in [4.69, 9.17) is 4.74 Å². The number of hydrogen-bond acceptors (Lipinski definition) is 5. The number of anilines is 2. The van der Waals surface area contributed by atoms with Crippen molar-refractivity contribution in [3.8, 4) is 11.1 Å². The molecule has 0 unspecified atom stereocenters. The van der Waals surface area contributed by atoms with Crippen molar-refractivity contribution in [2.24, 2.45) is 11.8 Å². The fourth-order valence-electron chi connectivity index (χ4n) is 4.08. The highest BCUT2D eigenvalue weighted by Gasteiger charge is 2.30. The minimum absolute atomic E-state index is 0.00337. The standard InChI is InChI=1S/C23H26N4O4S/c28-23(17-1-2-17)26-21-13-20(19-7-10-24-22(19)25-21)16-3-5-18(6-4-16)27-32(29,30)14-15-8-11-31-12-9-15/h3-7,10,13,15,17,27H,1-2,8-9,11-12,14H2,(H2,24,25,26,28). The van der Waals surface area contributed by atoms with Gasteiger partial charge in [0.1, 0.15) is 11.5 Å². The van der Waals surface area contributed by atoms with Gasteiger partial charge in [0.15, 0.2) is 0 Å². The number of H-pyrrole nitrogens is 1. The van der Waals surface area contributed by atoms with E-state index in [-0.39, 0.29) is 23.5 Å². The topological polar surface area (TPSA) is 113 Å². The van der Waals surface area contributed by atoms with Crippen LogP contribution in [0.25, 0.3) is 22.2 Å². The van der Waals surface area contributed by atoms with Crippen LogP contribution in [0, 0.1) is 11.8 Å². The fraction of sp³-hybridized carbons (Fsp3) is 0.391. The normalized spacial score (nSPS) is 17.4. The van der Waals surface area contributed by atoms with Crippen molar-refractivity contribution >= 4 is 38.5 Å². The maximum absolute atomic E-state index is 12.6. The smallest absolute Gasteiger partial charge is 0.232 e. The number of nitrogens with zero attached hydrogens (tertiary/aromatic N) is 1. The first-order chi connectivity index (χ1) is 15.5. The molecule has 2 aromatic heterocycles. The Labute approximate surface area is 186 Å². The molecule has 3 heterocycles. The molecule has 8 nitrogen and oxygen atoms in total. The molecule has 0 bridgehead atoms. The molecule has 1 saturated heterocycles. The number of hydrogen-bond donors (Lipinski definition) is 3. The summed E-state index contributed by atoms with van der Waals surface area (Å²) in [7, 11) is -3.43. The predicted octanol–water partition coefficient (Wildman–Crippen LogP) is 3.75. The van der Waals surface area contributed by atoms with Gasteiger partial charge in [0.25, 0.3) is 0 Å². The molecule has 32 heavy (non-hydrogen) atoms. The number of benzene rings is 1. The number of rotatable bonds is 7. The van der Waals surface area contributed by atoms with E-state index in [1.807, 2.05) is 30.5 Å². The Bertz CT molecular complexity index is 1230. The molecule has 0 atom stereocenters. The maximum atomic E-state index is 12.6. The lowest BCUT2D eigenvalue weighted by molar-refractivity contribution is -0.117. The minimum atomic E-state index is -3.43. The number of fused-ring (bicyclic) bond motifs is 1. The summed E-state index contributed by atoms with van der Waals surface area (Å²) in [5, 5.41) is 3.84. The molecule has 168 valence electrons. The van der Waals surface area contributed by atoms with E-state index in [2.05, 4.69) is 20.0 Å². The number of carbonyl (C=O) groups excluding carboxylic acids is 1. The van der Waals surface area contributed by atoms with Gasteiger partial charge in [0.2, 0.25) is 15.9 Å². The lowest BCUT2D eigenvalue weighted by atomic mass is 10.0. The summed E-state index contributed by atoms with van der Waals surface area (Å²) in [4.78, 5) is 19.8. The molecule has 9 heteroatoms. The second-order valence-corrected chi connectivity index (χ2v) is 10.3. The van der Waals surface area contributed by atoms with E-state index < -0.39 is 10.0 Å². The van der Waals surface area contributed by atoms with Crippen LogP contribution in [-0.2, 0) is 19.6 Å².